The van der Waals surface area contributed by atoms with Gasteiger partial charge in [0.25, 0.3) is 5.91 Å². The first-order valence-corrected chi connectivity index (χ1v) is 6.60. The molecule has 100 valence electrons. The Hall–Kier alpha value is -1.74. The SMILES string of the molecule is CCC(NC(=O)c1occc1C)c1cccc(Cl)c1. The molecule has 4 heteroatoms. The van der Waals surface area contributed by atoms with Crippen LogP contribution in [-0.4, -0.2) is 5.91 Å². The first kappa shape index (κ1) is 13.7. The van der Waals surface area contributed by atoms with Gasteiger partial charge in [-0.3, -0.25) is 4.79 Å². The second-order valence-electron chi connectivity index (χ2n) is 4.42. The van der Waals surface area contributed by atoms with Crippen molar-refractivity contribution in [3.63, 3.8) is 0 Å². The zero-order valence-electron chi connectivity index (χ0n) is 10.9. The number of halogens is 1. The molecular formula is C15H16ClNO2. The minimum absolute atomic E-state index is 0.0734. The van der Waals surface area contributed by atoms with E-state index >= 15 is 0 Å². The van der Waals surface area contributed by atoms with Crippen molar-refractivity contribution in [1.82, 2.24) is 5.32 Å². The number of hydrogen-bond acceptors (Lipinski definition) is 2. The monoisotopic (exact) mass is 277 g/mol. The Morgan fingerprint density at radius 2 is 2.21 bits per heavy atom. The maximum atomic E-state index is 12.1. The summed E-state index contributed by atoms with van der Waals surface area (Å²) in [5.74, 6) is 0.162. The summed E-state index contributed by atoms with van der Waals surface area (Å²) in [6.45, 7) is 3.86. The quantitative estimate of drug-likeness (QED) is 0.913. The molecule has 1 N–H and O–H groups in total. The molecule has 0 radical (unpaired) electrons. The number of nitrogens with one attached hydrogen (secondary N) is 1. The van der Waals surface area contributed by atoms with E-state index in [1.54, 1.807) is 6.07 Å². The highest BCUT2D eigenvalue weighted by atomic mass is 35.5. The highest BCUT2D eigenvalue weighted by Gasteiger charge is 2.17. The van der Waals surface area contributed by atoms with E-state index in [4.69, 9.17) is 16.0 Å². The highest BCUT2D eigenvalue weighted by Crippen LogP contribution is 2.21. The Morgan fingerprint density at radius 1 is 1.42 bits per heavy atom. The van der Waals surface area contributed by atoms with Crippen LogP contribution in [0.2, 0.25) is 5.02 Å². The van der Waals surface area contributed by atoms with Crippen LogP contribution in [0, 0.1) is 6.92 Å². The van der Waals surface area contributed by atoms with Crippen molar-refractivity contribution in [2.75, 3.05) is 0 Å². The molecule has 0 aliphatic carbocycles. The second-order valence-corrected chi connectivity index (χ2v) is 4.86. The van der Waals surface area contributed by atoms with E-state index in [9.17, 15) is 4.79 Å². The smallest absolute Gasteiger partial charge is 0.287 e. The molecule has 1 heterocycles. The van der Waals surface area contributed by atoms with E-state index in [2.05, 4.69) is 5.32 Å². The molecule has 2 rings (SSSR count). The third-order valence-corrected chi connectivity index (χ3v) is 3.27. The van der Waals surface area contributed by atoms with E-state index in [1.165, 1.54) is 6.26 Å². The Bertz CT molecular complexity index is 577. The van der Waals surface area contributed by atoms with Gasteiger partial charge in [0, 0.05) is 10.6 Å². The Balaban J connectivity index is 2.16. The molecule has 1 aromatic heterocycles. The molecule has 0 aliphatic rings. The van der Waals surface area contributed by atoms with E-state index in [0.29, 0.717) is 10.8 Å². The van der Waals surface area contributed by atoms with Crippen molar-refractivity contribution in [3.8, 4) is 0 Å². The van der Waals surface area contributed by atoms with Crippen molar-refractivity contribution in [2.24, 2.45) is 0 Å². The van der Waals surface area contributed by atoms with Gasteiger partial charge in [-0.2, -0.15) is 0 Å². The molecule has 0 saturated heterocycles. The van der Waals surface area contributed by atoms with Crippen LogP contribution in [-0.2, 0) is 0 Å². The van der Waals surface area contributed by atoms with Gasteiger partial charge in [-0.05, 0) is 37.1 Å². The van der Waals surface area contributed by atoms with Crippen LogP contribution in [0.1, 0.15) is 41.1 Å². The van der Waals surface area contributed by atoms with E-state index < -0.39 is 0 Å². The summed E-state index contributed by atoms with van der Waals surface area (Å²) in [5.41, 5.74) is 1.83. The first-order chi connectivity index (χ1) is 9.11. The summed E-state index contributed by atoms with van der Waals surface area (Å²) in [6, 6.07) is 9.21. The summed E-state index contributed by atoms with van der Waals surface area (Å²) >= 11 is 5.98. The van der Waals surface area contributed by atoms with Crippen LogP contribution in [0.5, 0.6) is 0 Å². The van der Waals surface area contributed by atoms with Crippen molar-refractivity contribution in [3.05, 3.63) is 58.5 Å². The number of rotatable bonds is 4. The topological polar surface area (TPSA) is 42.2 Å². The molecule has 1 atom stereocenters. The molecule has 2 aromatic rings. The van der Waals surface area contributed by atoms with Gasteiger partial charge >= 0.3 is 0 Å². The Kier molecular flexibility index (Phi) is 4.27. The van der Waals surface area contributed by atoms with Crippen molar-refractivity contribution in [2.45, 2.75) is 26.3 Å². The lowest BCUT2D eigenvalue weighted by molar-refractivity contribution is 0.0906. The largest absolute Gasteiger partial charge is 0.459 e. The Morgan fingerprint density at radius 3 is 2.79 bits per heavy atom. The molecule has 3 nitrogen and oxygen atoms in total. The number of furan rings is 1. The van der Waals surface area contributed by atoms with Crippen LogP contribution in [0.3, 0.4) is 0 Å². The van der Waals surface area contributed by atoms with Gasteiger partial charge in [-0.25, -0.2) is 0 Å². The molecule has 19 heavy (non-hydrogen) atoms. The molecular weight excluding hydrogens is 262 g/mol. The van der Waals surface area contributed by atoms with Crippen LogP contribution in [0.15, 0.2) is 41.0 Å². The minimum atomic E-state index is -0.200. The fourth-order valence-electron chi connectivity index (χ4n) is 1.97. The van der Waals surface area contributed by atoms with Gasteiger partial charge < -0.3 is 9.73 Å². The first-order valence-electron chi connectivity index (χ1n) is 6.22. The fourth-order valence-corrected chi connectivity index (χ4v) is 2.17. The number of amides is 1. The van der Waals surface area contributed by atoms with Gasteiger partial charge in [-0.1, -0.05) is 30.7 Å². The molecule has 0 fully saturated rings. The lowest BCUT2D eigenvalue weighted by atomic mass is 10.0. The fraction of sp³-hybridized carbons (Fsp3) is 0.267. The zero-order valence-corrected chi connectivity index (χ0v) is 11.7. The molecule has 0 aliphatic heterocycles. The van der Waals surface area contributed by atoms with E-state index in [-0.39, 0.29) is 11.9 Å². The number of benzene rings is 1. The number of hydrogen-bond donors (Lipinski definition) is 1. The van der Waals surface area contributed by atoms with Crippen LogP contribution >= 0.6 is 11.6 Å². The summed E-state index contributed by atoms with van der Waals surface area (Å²) < 4.78 is 5.19. The summed E-state index contributed by atoms with van der Waals surface area (Å²) in [5, 5.41) is 3.63. The Labute approximate surface area is 117 Å². The lowest BCUT2D eigenvalue weighted by Gasteiger charge is -2.17. The van der Waals surface area contributed by atoms with Gasteiger partial charge in [0.1, 0.15) is 0 Å². The zero-order chi connectivity index (χ0) is 13.8. The summed E-state index contributed by atoms with van der Waals surface area (Å²) in [7, 11) is 0. The van der Waals surface area contributed by atoms with Crippen LogP contribution in [0.25, 0.3) is 0 Å². The molecule has 1 amide bonds. The van der Waals surface area contributed by atoms with E-state index in [1.807, 2.05) is 38.1 Å². The molecule has 1 unspecified atom stereocenters. The summed E-state index contributed by atoms with van der Waals surface area (Å²) in [4.78, 5) is 12.1. The van der Waals surface area contributed by atoms with Gasteiger partial charge in [0.2, 0.25) is 0 Å². The van der Waals surface area contributed by atoms with Crippen molar-refractivity contribution >= 4 is 17.5 Å². The average molecular weight is 278 g/mol. The predicted octanol–water partition coefficient (Wildman–Crippen LogP) is 4.12. The molecule has 1 aromatic carbocycles. The number of carbonyl (C=O) groups excluding carboxylic acids is 1. The molecule has 0 bridgehead atoms. The van der Waals surface area contributed by atoms with Gasteiger partial charge in [0.15, 0.2) is 5.76 Å². The molecule has 0 spiro atoms. The van der Waals surface area contributed by atoms with Crippen LogP contribution < -0.4 is 5.32 Å². The second kappa shape index (κ2) is 5.93. The summed E-state index contributed by atoms with van der Waals surface area (Å²) in [6.07, 6.45) is 2.30. The normalized spacial score (nSPS) is 12.2. The minimum Gasteiger partial charge on any atom is -0.459 e. The standard InChI is InChI=1S/C15H16ClNO2/c1-3-13(11-5-4-6-12(16)9-11)17-15(18)14-10(2)7-8-19-14/h4-9,13H,3H2,1-2H3,(H,17,18). The van der Waals surface area contributed by atoms with Crippen molar-refractivity contribution in [1.29, 1.82) is 0 Å². The lowest BCUT2D eigenvalue weighted by Crippen LogP contribution is -2.28. The average Bonchev–Trinajstić information content (AvgIpc) is 2.82. The predicted molar refractivity (Wildman–Crippen MR) is 75.4 cm³/mol. The van der Waals surface area contributed by atoms with Gasteiger partial charge in [-0.15, -0.1) is 0 Å². The van der Waals surface area contributed by atoms with E-state index in [0.717, 1.165) is 17.5 Å². The van der Waals surface area contributed by atoms with Crippen LogP contribution in [0.4, 0.5) is 0 Å². The van der Waals surface area contributed by atoms with Gasteiger partial charge in [0.05, 0.1) is 12.3 Å². The number of aryl methyl sites for hydroxylation is 1. The molecule has 0 saturated carbocycles. The maximum Gasteiger partial charge on any atom is 0.287 e. The number of carbonyl (C=O) groups is 1. The highest BCUT2D eigenvalue weighted by molar-refractivity contribution is 6.30. The third kappa shape index (κ3) is 3.18. The van der Waals surface area contributed by atoms with Crippen molar-refractivity contribution < 1.29 is 9.21 Å². The maximum absolute atomic E-state index is 12.1. The third-order valence-electron chi connectivity index (χ3n) is 3.03.